The second kappa shape index (κ2) is 6.44. The molecule has 0 aliphatic rings. The number of para-hydroxylation sites is 1. The van der Waals surface area contributed by atoms with Gasteiger partial charge in [0.15, 0.2) is 5.69 Å². The highest BCUT2D eigenvalue weighted by Crippen LogP contribution is 2.31. The number of benzene rings is 2. The summed E-state index contributed by atoms with van der Waals surface area (Å²) in [6.45, 7) is 2.06. The minimum absolute atomic E-state index is 0.205. The highest BCUT2D eigenvalue weighted by Gasteiger charge is 2.11. The van der Waals surface area contributed by atoms with Crippen LogP contribution in [0, 0.1) is 0 Å². The molecule has 3 aromatic rings. The van der Waals surface area contributed by atoms with Gasteiger partial charge in [-0.3, -0.25) is 0 Å². The Morgan fingerprint density at radius 3 is 2.70 bits per heavy atom. The molecule has 0 saturated carbocycles. The molecule has 0 aliphatic carbocycles. The van der Waals surface area contributed by atoms with Crippen LogP contribution in [0.1, 0.15) is 17.4 Å². The first-order chi connectivity index (χ1) is 11.2. The predicted molar refractivity (Wildman–Crippen MR) is 87.5 cm³/mol. The Kier molecular flexibility index (Phi) is 4.19. The highest BCUT2D eigenvalue weighted by molar-refractivity contribution is 5.93. The molecule has 0 radical (unpaired) electrons. The molecular formula is C18H16N2O3. The summed E-state index contributed by atoms with van der Waals surface area (Å²) >= 11 is 0. The van der Waals surface area contributed by atoms with Crippen molar-refractivity contribution in [1.29, 1.82) is 0 Å². The minimum Gasteiger partial charge on any atom is -0.496 e. The number of carbonyl (C=O) groups is 1. The van der Waals surface area contributed by atoms with Gasteiger partial charge < -0.3 is 9.47 Å². The van der Waals surface area contributed by atoms with E-state index < -0.39 is 5.97 Å². The van der Waals surface area contributed by atoms with Crippen LogP contribution < -0.4 is 4.74 Å². The maximum Gasteiger partial charge on any atom is 0.358 e. The van der Waals surface area contributed by atoms with E-state index in [4.69, 9.17) is 9.47 Å². The van der Waals surface area contributed by atoms with Crippen LogP contribution in [0.25, 0.3) is 22.0 Å². The number of aromatic nitrogens is 2. The predicted octanol–water partition coefficient (Wildman–Crippen LogP) is 3.48. The Balaban J connectivity index is 2.08. The quantitative estimate of drug-likeness (QED) is 0.690. The van der Waals surface area contributed by atoms with Crippen LogP contribution in [0.15, 0.2) is 48.5 Å². The average molecular weight is 308 g/mol. The number of esters is 1. The van der Waals surface area contributed by atoms with Gasteiger partial charge in [0.2, 0.25) is 0 Å². The van der Waals surface area contributed by atoms with Gasteiger partial charge in [-0.1, -0.05) is 24.3 Å². The first kappa shape index (κ1) is 15.0. The van der Waals surface area contributed by atoms with Crippen molar-refractivity contribution >= 4 is 16.9 Å². The molecule has 0 N–H and O–H groups in total. The largest absolute Gasteiger partial charge is 0.496 e. The lowest BCUT2D eigenvalue weighted by molar-refractivity contribution is 0.0518. The minimum atomic E-state index is -0.468. The maximum absolute atomic E-state index is 11.8. The van der Waals surface area contributed by atoms with Gasteiger partial charge in [0, 0.05) is 10.9 Å². The van der Waals surface area contributed by atoms with Gasteiger partial charge in [0.25, 0.3) is 0 Å². The molecule has 0 amide bonds. The van der Waals surface area contributed by atoms with Crippen molar-refractivity contribution in [2.24, 2.45) is 0 Å². The molecule has 1 aromatic heterocycles. The van der Waals surface area contributed by atoms with E-state index in [0.717, 1.165) is 27.8 Å². The molecule has 0 bridgehead atoms. The second-order valence-corrected chi connectivity index (χ2v) is 4.92. The third kappa shape index (κ3) is 2.99. The number of fused-ring (bicyclic) bond motifs is 1. The number of rotatable bonds is 4. The number of ether oxygens (including phenoxy) is 2. The van der Waals surface area contributed by atoms with Gasteiger partial charge in [-0.25, -0.2) is 4.79 Å². The summed E-state index contributed by atoms with van der Waals surface area (Å²) in [5.41, 5.74) is 2.89. The smallest absolute Gasteiger partial charge is 0.358 e. The molecule has 5 heteroatoms. The van der Waals surface area contributed by atoms with Crippen molar-refractivity contribution in [3.8, 4) is 16.9 Å². The number of methoxy groups -OCH3 is 1. The van der Waals surface area contributed by atoms with E-state index >= 15 is 0 Å². The van der Waals surface area contributed by atoms with Gasteiger partial charge in [0.1, 0.15) is 5.75 Å². The summed E-state index contributed by atoms with van der Waals surface area (Å²) in [6, 6.07) is 15.3. The molecule has 0 unspecified atom stereocenters. The molecule has 1 heterocycles. The Labute approximate surface area is 133 Å². The highest BCUT2D eigenvalue weighted by atomic mass is 16.5. The van der Waals surface area contributed by atoms with Gasteiger partial charge in [0.05, 0.1) is 19.2 Å². The van der Waals surface area contributed by atoms with Crippen LogP contribution in [0.2, 0.25) is 0 Å². The average Bonchev–Trinajstić information content (AvgIpc) is 2.61. The van der Waals surface area contributed by atoms with Crippen molar-refractivity contribution in [2.45, 2.75) is 6.92 Å². The molecule has 3 rings (SSSR count). The number of carbonyl (C=O) groups excluding carboxylic acids is 1. The molecule has 0 fully saturated rings. The number of nitrogens with zero attached hydrogens (tertiary/aromatic N) is 2. The zero-order chi connectivity index (χ0) is 16.2. The standard InChI is InChI=1S/C18H16N2O3/c1-3-23-18(21)16-11-13-10-12(8-9-15(13)19-20-16)14-6-4-5-7-17(14)22-2/h4-11H,3H2,1-2H3. The van der Waals surface area contributed by atoms with E-state index in [9.17, 15) is 4.79 Å². The fourth-order valence-corrected chi connectivity index (χ4v) is 2.40. The van der Waals surface area contributed by atoms with Gasteiger partial charge in [-0.15, -0.1) is 10.2 Å². The molecule has 0 aliphatic heterocycles. The van der Waals surface area contributed by atoms with E-state index in [1.807, 2.05) is 42.5 Å². The molecule has 116 valence electrons. The fourth-order valence-electron chi connectivity index (χ4n) is 2.40. The van der Waals surface area contributed by atoms with E-state index in [2.05, 4.69) is 10.2 Å². The first-order valence-electron chi connectivity index (χ1n) is 7.31. The van der Waals surface area contributed by atoms with E-state index in [1.54, 1.807) is 20.1 Å². The Morgan fingerprint density at radius 2 is 1.91 bits per heavy atom. The van der Waals surface area contributed by atoms with Crippen molar-refractivity contribution in [3.63, 3.8) is 0 Å². The zero-order valence-corrected chi connectivity index (χ0v) is 12.9. The molecule has 0 spiro atoms. The van der Waals surface area contributed by atoms with E-state index in [0.29, 0.717) is 6.61 Å². The lowest BCUT2D eigenvalue weighted by Crippen LogP contribution is -2.08. The summed E-state index contributed by atoms with van der Waals surface area (Å²) in [5, 5.41) is 8.82. The molecule has 0 atom stereocenters. The third-order valence-corrected chi connectivity index (χ3v) is 3.49. The molecule has 23 heavy (non-hydrogen) atoms. The Hall–Kier alpha value is -2.95. The third-order valence-electron chi connectivity index (χ3n) is 3.49. The van der Waals surface area contributed by atoms with Crippen LogP contribution in [0.5, 0.6) is 5.75 Å². The normalized spacial score (nSPS) is 10.5. The molecule has 5 nitrogen and oxygen atoms in total. The summed E-state index contributed by atoms with van der Waals surface area (Å²) in [5.74, 6) is 0.323. The SMILES string of the molecule is CCOC(=O)c1cc2cc(-c3ccccc3OC)ccc2nn1. The van der Waals surface area contributed by atoms with Crippen molar-refractivity contribution in [1.82, 2.24) is 10.2 Å². The van der Waals surface area contributed by atoms with Gasteiger partial charge >= 0.3 is 5.97 Å². The van der Waals surface area contributed by atoms with Gasteiger partial charge in [-0.05, 0) is 36.8 Å². The van der Waals surface area contributed by atoms with Crippen LogP contribution in [0.3, 0.4) is 0 Å². The zero-order valence-electron chi connectivity index (χ0n) is 12.9. The molecule has 2 aromatic carbocycles. The summed E-state index contributed by atoms with van der Waals surface area (Å²) in [4.78, 5) is 11.8. The summed E-state index contributed by atoms with van der Waals surface area (Å²) in [6.07, 6.45) is 0. The monoisotopic (exact) mass is 308 g/mol. The Morgan fingerprint density at radius 1 is 1.09 bits per heavy atom. The lowest BCUT2D eigenvalue weighted by atomic mass is 10.0. The number of hydrogen-bond acceptors (Lipinski definition) is 5. The van der Waals surface area contributed by atoms with E-state index in [-0.39, 0.29) is 5.69 Å². The topological polar surface area (TPSA) is 61.3 Å². The van der Waals surface area contributed by atoms with E-state index in [1.165, 1.54) is 0 Å². The molecule has 0 saturated heterocycles. The van der Waals surface area contributed by atoms with Crippen molar-refractivity contribution < 1.29 is 14.3 Å². The maximum atomic E-state index is 11.8. The van der Waals surface area contributed by atoms with Crippen LogP contribution >= 0.6 is 0 Å². The second-order valence-electron chi connectivity index (χ2n) is 4.92. The van der Waals surface area contributed by atoms with Crippen LogP contribution in [0.4, 0.5) is 0 Å². The Bertz CT molecular complexity index is 862. The fraction of sp³-hybridized carbons (Fsp3) is 0.167. The summed E-state index contributed by atoms with van der Waals surface area (Å²) in [7, 11) is 1.64. The number of hydrogen-bond donors (Lipinski definition) is 0. The van der Waals surface area contributed by atoms with Gasteiger partial charge in [-0.2, -0.15) is 0 Å². The van der Waals surface area contributed by atoms with Crippen molar-refractivity contribution in [2.75, 3.05) is 13.7 Å². The van der Waals surface area contributed by atoms with Crippen molar-refractivity contribution in [3.05, 3.63) is 54.2 Å². The van der Waals surface area contributed by atoms with Crippen LogP contribution in [-0.4, -0.2) is 29.9 Å². The van der Waals surface area contributed by atoms with Crippen LogP contribution in [-0.2, 0) is 4.74 Å². The lowest BCUT2D eigenvalue weighted by Gasteiger charge is -2.09. The first-order valence-corrected chi connectivity index (χ1v) is 7.31. The molecular weight excluding hydrogens is 292 g/mol. The summed E-state index contributed by atoms with van der Waals surface area (Å²) < 4.78 is 10.4.